The van der Waals surface area contributed by atoms with Crippen LogP contribution in [0.4, 0.5) is 5.69 Å². The number of anilines is 1. The van der Waals surface area contributed by atoms with Gasteiger partial charge in [-0.25, -0.2) is 0 Å². The van der Waals surface area contributed by atoms with Gasteiger partial charge in [0, 0.05) is 5.69 Å². The van der Waals surface area contributed by atoms with Crippen LogP contribution in [0.2, 0.25) is 10.0 Å². The summed E-state index contributed by atoms with van der Waals surface area (Å²) in [7, 11) is 0. The SMILES string of the molecule is Cc1ccc(C)c(NC(=O)/C(C#N)=C/c2cc(Br)c(OCc3ccc(Cl)c(Cl)c3)c(I)c2)c1. The van der Waals surface area contributed by atoms with Crippen molar-refractivity contribution in [1.82, 2.24) is 0 Å². The number of halogens is 4. The lowest BCUT2D eigenvalue weighted by Crippen LogP contribution is -2.14. The molecule has 3 aromatic rings. The Bertz CT molecular complexity index is 1280. The van der Waals surface area contributed by atoms with Crippen molar-refractivity contribution in [1.29, 1.82) is 5.26 Å². The van der Waals surface area contributed by atoms with Gasteiger partial charge in [0.2, 0.25) is 0 Å². The van der Waals surface area contributed by atoms with Crippen LogP contribution in [0.25, 0.3) is 6.08 Å². The summed E-state index contributed by atoms with van der Waals surface area (Å²) in [5.74, 6) is 0.189. The molecule has 33 heavy (non-hydrogen) atoms. The molecule has 3 rings (SSSR count). The van der Waals surface area contributed by atoms with Gasteiger partial charge in [0.15, 0.2) is 0 Å². The number of ether oxygens (including phenoxy) is 1. The van der Waals surface area contributed by atoms with E-state index >= 15 is 0 Å². The fourth-order valence-corrected chi connectivity index (χ4v) is 5.05. The normalized spacial score (nSPS) is 11.1. The zero-order valence-electron chi connectivity index (χ0n) is 17.7. The van der Waals surface area contributed by atoms with E-state index in [1.807, 2.05) is 50.2 Å². The Morgan fingerprint density at radius 3 is 2.58 bits per heavy atom. The van der Waals surface area contributed by atoms with Crippen LogP contribution in [0.3, 0.4) is 0 Å². The van der Waals surface area contributed by atoms with Gasteiger partial charge < -0.3 is 10.1 Å². The molecule has 0 saturated heterocycles. The summed E-state index contributed by atoms with van der Waals surface area (Å²) >= 11 is 17.7. The number of carbonyl (C=O) groups excluding carboxylic acids is 1. The lowest BCUT2D eigenvalue weighted by atomic mass is 10.1. The van der Waals surface area contributed by atoms with E-state index in [0.29, 0.717) is 38.1 Å². The number of nitrogens with zero attached hydrogens (tertiary/aromatic N) is 1. The Labute approximate surface area is 224 Å². The maximum atomic E-state index is 12.7. The Morgan fingerprint density at radius 2 is 1.91 bits per heavy atom. The van der Waals surface area contributed by atoms with Crippen LogP contribution in [-0.4, -0.2) is 5.91 Å². The van der Waals surface area contributed by atoms with Crippen molar-refractivity contribution in [2.45, 2.75) is 20.5 Å². The average molecular weight is 656 g/mol. The molecule has 0 bridgehead atoms. The number of amides is 1. The largest absolute Gasteiger partial charge is 0.487 e. The van der Waals surface area contributed by atoms with E-state index in [9.17, 15) is 10.1 Å². The minimum absolute atomic E-state index is 0.00285. The Kier molecular flexibility index (Phi) is 8.82. The molecular formula is C25H18BrCl2IN2O2. The first-order chi connectivity index (χ1) is 15.7. The van der Waals surface area contributed by atoms with Gasteiger partial charge in [0.05, 0.1) is 18.1 Å². The zero-order chi connectivity index (χ0) is 24.1. The molecule has 1 N–H and O–H groups in total. The number of hydrogen-bond donors (Lipinski definition) is 1. The van der Waals surface area contributed by atoms with E-state index in [4.69, 9.17) is 27.9 Å². The van der Waals surface area contributed by atoms with Gasteiger partial charge in [0.25, 0.3) is 5.91 Å². The van der Waals surface area contributed by atoms with Crippen molar-refractivity contribution in [2.24, 2.45) is 0 Å². The van der Waals surface area contributed by atoms with Crippen LogP contribution in [0.15, 0.2) is 58.6 Å². The first-order valence-electron chi connectivity index (χ1n) is 9.74. The number of rotatable bonds is 6. The lowest BCUT2D eigenvalue weighted by molar-refractivity contribution is -0.112. The number of carbonyl (C=O) groups is 1. The molecule has 4 nitrogen and oxygen atoms in total. The molecule has 168 valence electrons. The molecule has 0 fully saturated rings. The van der Waals surface area contributed by atoms with E-state index in [1.165, 1.54) is 0 Å². The molecule has 0 atom stereocenters. The van der Waals surface area contributed by atoms with E-state index in [0.717, 1.165) is 20.3 Å². The third-order valence-corrected chi connectivity index (χ3v) is 6.83. The molecule has 0 unspecified atom stereocenters. The number of hydrogen-bond acceptors (Lipinski definition) is 3. The average Bonchev–Trinajstić information content (AvgIpc) is 2.76. The molecule has 0 heterocycles. The summed E-state index contributed by atoms with van der Waals surface area (Å²) in [6.07, 6.45) is 1.55. The van der Waals surface area contributed by atoms with Gasteiger partial charge in [-0.05, 0) is 111 Å². The summed E-state index contributed by atoms with van der Waals surface area (Å²) in [6.45, 7) is 4.16. The van der Waals surface area contributed by atoms with Crippen molar-refractivity contribution in [2.75, 3.05) is 5.32 Å². The first kappa shape index (κ1) is 25.6. The van der Waals surface area contributed by atoms with Gasteiger partial charge in [-0.15, -0.1) is 0 Å². The lowest BCUT2D eigenvalue weighted by Gasteiger charge is -2.12. The van der Waals surface area contributed by atoms with Crippen molar-refractivity contribution in [3.63, 3.8) is 0 Å². The third kappa shape index (κ3) is 6.73. The Hall–Kier alpha value is -2.05. The highest BCUT2D eigenvalue weighted by Gasteiger charge is 2.14. The standard InChI is InChI=1S/C25H18BrCl2IN2O2/c1-14-3-4-15(2)23(7-14)31-25(32)18(12-30)8-17-9-19(26)24(22(29)11-17)33-13-16-5-6-20(27)21(28)10-16/h3-11H,13H2,1-2H3,(H,31,32)/b18-8+. The summed E-state index contributed by atoms with van der Waals surface area (Å²) in [6, 6.07) is 16.7. The monoisotopic (exact) mass is 654 g/mol. The number of aryl methyl sites for hydroxylation is 2. The van der Waals surface area contributed by atoms with Gasteiger partial charge in [0.1, 0.15) is 24.0 Å². The van der Waals surface area contributed by atoms with Crippen molar-refractivity contribution in [3.05, 3.63) is 94.4 Å². The molecule has 0 aliphatic rings. The van der Waals surface area contributed by atoms with Crippen LogP contribution < -0.4 is 10.1 Å². The van der Waals surface area contributed by atoms with E-state index in [-0.39, 0.29) is 5.57 Å². The van der Waals surface area contributed by atoms with Crippen LogP contribution in [0.5, 0.6) is 5.75 Å². The Morgan fingerprint density at radius 1 is 1.15 bits per heavy atom. The second kappa shape index (κ2) is 11.4. The molecule has 0 saturated carbocycles. The number of nitrogens with one attached hydrogen (secondary N) is 1. The second-order valence-electron chi connectivity index (χ2n) is 7.29. The van der Waals surface area contributed by atoms with Gasteiger partial charge in [-0.1, -0.05) is 41.4 Å². The first-order valence-corrected chi connectivity index (χ1v) is 12.4. The summed E-state index contributed by atoms with van der Waals surface area (Å²) in [5.41, 5.74) is 4.21. The summed E-state index contributed by atoms with van der Waals surface area (Å²) in [4.78, 5) is 12.7. The topological polar surface area (TPSA) is 62.1 Å². The number of benzene rings is 3. The highest BCUT2D eigenvalue weighted by atomic mass is 127. The highest BCUT2D eigenvalue weighted by Crippen LogP contribution is 2.34. The van der Waals surface area contributed by atoms with E-state index < -0.39 is 5.91 Å². The maximum absolute atomic E-state index is 12.7. The third-order valence-electron chi connectivity index (χ3n) is 4.71. The minimum atomic E-state index is -0.461. The van der Waals surface area contributed by atoms with Crippen molar-refractivity contribution < 1.29 is 9.53 Å². The summed E-state index contributed by atoms with van der Waals surface area (Å²) in [5, 5.41) is 13.3. The van der Waals surface area contributed by atoms with Crippen LogP contribution >= 0.6 is 61.7 Å². The van der Waals surface area contributed by atoms with Crippen molar-refractivity contribution in [3.8, 4) is 11.8 Å². The maximum Gasteiger partial charge on any atom is 0.266 e. The summed E-state index contributed by atoms with van der Waals surface area (Å²) < 4.78 is 7.49. The molecule has 0 aliphatic carbocycles. The zero-order valence-corrected chi connectivity index (χ0v) is 22.9. The quantitative estimate of drug-likeness (QED) is 0.166. The fourth-order valence-electron chi connectivity index (χ4n) is 2.96. The number of nitriles is 1. The smallest absolute Gasteiger partial charge is 0.266 e. The molecule has 0 radical (unpaired) electrons. The molecular weight excluding hydrogens is 638 g/mol. The molecule has 3 aromatic carbocycles. The van der Waals surface area contributed by atoms with Crippen LogP contribution in [-0.2, 0) is 11.4 Å². The van der Waals surface area contributed by atoms with Crippen LogP contribution in [0.1, 0.15) is 22.3 Å². The van der Waals surface area contributed by atoms with Gasteiger partial charge in [-0.2, -0.15) is 5.26 Å². The minimum Gasteiger partial charge on any atom is -0.487 e. The predicted octanol–water partition coefficient (Wildman–Crippen LogP) is 8.10. The van der Waals surface area contributed by atoms with E-state index in [2.05, 4.69) is 43.8 Å². The highest BCUT2D eigenvalue weighted by molar-refractivity contribution is 14.1. The second-order valence-corrected chi connectivity index (χ2v) is 10.1. The van der Waals surface area contributed by atoms with E-state index in [1.54, 1.807) is 24.3 Å². The molecule has 8 heteroatoms. The van der Waals surface area contributed by atoms with Crippen molar-refractivity contribution >= 4 is 79.4 Å². The fraction of sp³-hybridized carbons (Fsp3) is 0.120. The van der Waals surface area contributed by atoms with Crippen LogP contribution in [0, 0.1) is 28.7 Å². The molecule has 0 spiro atoms. The van der Waals surface area contributed by atoms with Gasteiger partial charge in [-0.3, -0.25) is 4.79 Å². The predicted molar refractivity (Wildman–Crippen MR) is 146 cm³/mol. The van der Waals surface area contributed by atoms with Gasteiger partial charge >= 0.3 is 0 Å². The molecule has 1 amide bonds. The molecule has 0 aliphatic heterocycles. The molecule has 0 aromatic heterocycles. The Balaban J connectivity index is 1.79.